The lowest BCUT2D eigenvalue weighted by Gasteiger charge is -2.26. The van der Waals surface area contributed by atoms with Crippen LogP contribution in [0, 0.1) is 20.8 Å². The molecule has 0 bridgehead atoms. The summed E-state index contributed by atoms with van der Waals surface area (Å²) in [5.41, 5.74) is 13.5. The molecule has 0 radical (unpaired) electrons. The molecule has 0 aliphatic heterocycles. The largest absolute Gasteiger partial charge is 0.222 e. The van der Waals surface area contributed by atoms with Gasteiger partial charge in [-0.3, -0.25) is 0 Å². The van der Waals surface area contributed by atoms with Crippen molar-refractivity contribution < 1.29 is 0 Å². The molecule has 0 atom stereocenters. The van der Waals surface area contributed by atoms with Crippen molar-refractivity contribution in [3.8, 4) is 0 Å². The second-order valence-corrected chi connectivity index (χ2v) is 12.3. The predicted octanol–water partition coefficient (Wildman–Crippen LogP) is 11.7. The molecule has 3 aromatic rings. The van der Waals surface area contributed by atoms with Crippen LogP contribution in [0.15, 0.2) is 65.1 Å². The van der Waals surface area contributed by atoms with E-state index in [4.69, 9.17) is 10.3 Å². The van der Waals surface area contributed by atoms with Gasteiger partial charge in [0, 0.05) is 6.20 Å². The van der Waals surface area contributed by atoms with E-state index in [0.29, 0.717) is 23.7 Å². The predicted molar refractivity (Wildman–Crippen MR) is 171 cm³/mol. The van der Waals surface area contributed by atoms with Crippen molar-refractivity contribution in [3.05, 3.63) is 99.2 Å². The highest BCUT2D eigenvalue weighted by Crippen LogP contribution is 2.39. The third kappa shape index (κ3) is 6.87. The zero-order chi connectivity index (χ0) is 29.0. The normalized spacial score (nSPS) is 12.6. The quantitative estimate of drug-likeness (QED) is 0.202. The Kier molecular flexibility index (Phi) is 9.93. The SMILES string of the molecule is C/C(=C\N(/N=N/c1c(C(C)C)cccc1C(C)C)c1c(C(C)C)cccc1C(C)C)c1c(C)cc(C)cc1C. The van der Waals surface area contributed by atoms with Crippen LogP contribution in [0.25, 0.3) is 5.57 Å². The average Bonchev–Trinajstić information content (AvgIpc) is 2.84. The summed E-state index contributed by atoms with van der Waals surface area (Å²) in [5, 5.41) is 12.2. The van der Waals surface area contributed by atoms with E-state index in [-0.39, 0.29) is 0 Å². The summed E-state index contributed by atoms with van der Waals surface area (Å²) in [4.78, 5) is 0. The van der Waals surface area contributed by atoms with Crippen LogP contribution in [-0.2, 0) is 0 Å². The van der Waals surface area contributed by atoms with Crippen molar-refractivity contribution in [2.24, 2.45) is 10.3 Å². The van der Waals surface area contributed by atoms with Crippen molar-refractivity contribution in [1.82, 2.24) is 0 Å². The van der Waals surface area contributed by atoms with Gasteiger partial charge < -0.3 is 0 Å². The highest BCUT2D eigenvalue weighted by atomic mass is 15.5. The van der Waals surface area contributed by atoms with Gasteiger partial charge >= 0.3 is 0 Å². The van der Waals surface area contributed by atoms with Crippen LogP contribution in [0.2, 0.25) is 0 Å². The van der Waals surface area contributed by atoms with Crippen LogP contribution in [-0.4, -0.2) is 0 Å². The molecule has 0 fully saturated rings. The third-order valence-electron chi connectivity index (χ3n) is 7.54. The van der Waals surface area contributed by atoms with Crippen LogP contribution < -0.4 is 5.01 Å². The molecule has 39 heavy (non-hydrogen) atoms. The van der Waals surface area contributed by atoms with Gasteiger partial charge in [-0.15, -0.1) is 5.11 Å². The number of anilines is 1. The number of allylic oxidation sites excluding steroid dienone is 1. The minimum atomic E-state index is 0.349. The maximum atomic E-state index is 5.06. The molecule has 0 aliphatic carbocycles. The summed E-state index contributed by atoms with van der Waals surface area (Å²) in [6.07, 6.45) is 2.19. The average molecular weight is 524 g/mol. The minimum absolute atomic E-state index is 0.349. The van der Waals surface area contributed by atoms with Gasteiger partial charge in [0.05, 0.1) is 11.4 Å². The second-order valence-electron chi connectivity index (χ2n) is 12.3. The van der Waals surface area contributed by atoms with Gasteiger partial charge in [-0.2, -0.15) is 0 Å². The highest BCUT2D eigenvalue weighted by Gasteiger charge is 2.21. The summed E-state index contributed by atoms with van der Waals surface area (Å²) in [6, 6.07) is 17.7. The zero-order valence-electron chi connectivity index (χ0n) is 26.3. The number of hydrogen-bond donors (Lipinski definition) is 0. The first-order valence-corrected chi connectivity index (χ1v) is 14.6. The molecule has 0 spiro atoms. The van der Waals surface area contributed by atoms with E-state index >= 15 is 0 Å². The van der Waals surface area contributed by atoms with Gasteiger partial charge in [-0.25, -0.2) is 5.01 Å². The molecular weight excluding hydrogens is 474 g/mol. The maximum absolute atomic E-state index is 5.06. The van der Waals surface area contributed by atoms with Crippen molar-refractivity contribution in [3.63, 3.8) is 0 Å². The maximum Gasteiger partial charge on any atom is 0.0943 e. The molecule has 0 N–H and O–H groups in total. The summed E-state index contributed by atoms with van der Waals surface area (Å²) < 4.78 is 0. The lowest BCUT2D eigenvalue weighted by Crippen LogP contribution is -2.14. The Bertz CT molecular complexity index is 1280. The Hall–Kier alpha value is -3.20. The number of nitrogens with zero attached hydrogens (tertiary/aromatic N) is 3. The molecule has 0 aliphatic rings. The molecule has 0 heterocycles. The molecule has 3 nitrogen and oxygen atoms in total. The first-order chi connectivity index (χ1) is 18.3. The monoisotopic (exact) mass is 523 g/mol. The fraction of sp³-hybridized carbons (Fsp3) is 0.444. The number of benzene rings is 3. The van der Waals surface area contributed by atoms with E-state index in [2.05, 4.69) is 143 Å². The second kappa shape index (κ2) is 12.8. The molecule has 0 saturated carbocycles. The molecule has 3 heteroatoms. The van der Waals surface area contributed by atoms with Gasteiger partial charge in [0.1, 0.15) is 0 Å². The first-order valence-electron chi connectivity index (χ1n) is 14.6. The highest BCUT2D eigenvalue weighted by molar-refractivity contribution is 5.74. The van der Waals surface area contributed by atoms with Gasteiger partial charge in [-0.1, -0.05) is 115 Å². The number of aryl methyl sites for hydroxylation is 3. The summed E-state index contributed by atoms with van der Waals surface area (Å²) in [5.74, 6) is 1.41. The molecular formula is C36H49N3. The standard InChI is InChI=1S/C36H49N3/c1-22(2)30-15-13-16-31(23(3)4)35(30)37-38-39(21-29(12)34-27(10)19-26(9)20-28(34)11)36-32(24(5)6)17-14-18-33(36)25(7)8/h13-25H,1-12H3/b29-21+,38-37+. The summed E-state index contributed by atoms with van der Waals surface area (Å²) in [6.45, 7) is 26.7. The summed E-state index contributed by atoms with van der Waals surface area (Å²) >= 11 is 0. The van der Waals surface area contributed by atoms with E-state index in [1.165, 1.54) is 50.1 Å². The molecule has 3 aromatic carbocycles. The van der Waals surface area contributed by atoms with Crippen LogP contribution in [0.1, 0.15) is 130 Å². The molecule has 0 unspecified atom stereocenters. The molecule has 208 valence electrons. The number of para-hydroxylation sites is 1. The Morgan fingerprint density at radius 1 is 0.667 bits per heavy atom. The van der Waals surface area contributed by atoms with Gasteiger partial charge in [0.15, 0.2) is 0 Å². The van der Waals surface area contributed by atoms with Crippen molar-refractivity contribution >= 4 is 16.9 Å². The lowest BCUT2D eigenvalue weighted by atomic mass is 9.92. The number of hydrogen-bond acceptors (Lipinski definition) is 2. The van der Waals surface area contributed by atoms with E-state index < -0.39 is 0 Å². The van der Waals surface area contributed by atoms with Gasteiger partial charge in [0.2, 0.25) is 0 Å². The van der Waals surface area contributed by atoms with Crippen LogP contribution >= 0.6 is 0 Å². The molecule has 0 aromatic heterocycles. The van der Waals surface area contributed by atoms with Crippen molar-refractivity contribution in [2.75, 3.05) is 5.01 Å². The van der Waals surface area contributed by atoms with Gasteiger partial charge in [0.25, 0.3) is 0 Å². The Labute approximate surface area is 238 Å². The van der Waals surface area contributed by atoms with E-state index in [0.717, 1.165) is 11.4 Å². The van der Waals surface area contributed by atoms with Crippen LogP contribution in [0.3, 0.4) is 0 Å². The molecule has 3 rings (SSSR count). The topological polar surface area (TPSA) is 28.0 Å². The van der Waals surface area contributed by atoms with Crippen molar-refractivity contribution in [1.29, 1.82) is 0 Å². The minimum Gasteiger partial charge on any atom is -0.222 e. The van der Waals surface area contributed by atoms with E-state index in [1.54, 1.807) is 0 Å². The van der Waals surface area contributed by atoms with Crippen LogP contribution in [0.5, 0.6) is 0 Å². The number of rotatable bonds is 9. The molecule has 0 amide bonds. The fourth-order valence-corrected chi connectivity index (χ4v) is 5.68. The van der Waals surface area contributed by atoms with Crippen molar-refractivity contribution in [2.45, 2.75) is 107 Å². The van der Waals surface area contributed by atoms with E-state index in [1.807, 2.05) is 0 Å². The summed E-state index contributed by atoms with van der Waals surface area (Å²) in [7, 11) is 0. The Morgan fingerprint density at radius 3 is 1.49 bits per heavy atom. The Balaban J connectivity index is 2.34. The third-order valence-corrected chi connectivity index (χ3v) is 7.54. The van der Waals surface area contributed by atoms with Crippen LogP contribution in [0.4, 0.5) is 11.4 Å². The first kappa shape index (κ1) is 30.3. The zero-order valence-corrected chi connectivity index (χ0v) is 26.3. The fourth-order valence-electron chi connectivity index (χ4n) is 5.68. The lowest BCUT2D eigenvalue weighted by molar-refractivity contribution is 0.803. The van der Waals surface area contributed by atoms with Gasteiger partial charge in [-0.05, 0) is 95.9 Å². The smallest absolute Gasteiger partial charge is 0.0943 e. The molecule has 0 saturated heterocycles. The Morgan fingerprint density at radius 2 is 1.08 bits per heavy atom. The van der Waals surface area contributed by atoms with E-state index in [9.17, 15) is 0 Å².